The first-order chi connectivity index (χ1) is 17.2. The number of rotatable bonds is 7. The van der Waals surface area contributed by atoms with E-state index in [1.807, 2.05) is 30.5 Å². The number of nitro groups is 1. The highest BCUT2D eigenvalue weighted by molar-refractivity contribution is 8.18. The fourth-order valence-corrected chi connectivity index (χ4v) is 5.53. The van der Waals surface area contributed by atoms with Crippen LogP contribution >= 0.6 is 11.8 Å². The van der Waals surface area contributed by atoms with Crippen LogP contribution in [-0.4, -0.2) is 51.2 Å². The minimum absolute atomic E-state index is 0.0102. The van der Waals surface area contributed by atoms with Crippen molar-refractivity contribution in [1.29, 1.82) is 0 Å². The van der Waals surface area contributed by atoms with Crippen LogP contribution < -0.4 is 5.32 Å². The third kappa shape index (κ3) is 5.15. The largest absolute Gasteiger partial charge is 0.468 e. The Kier molecular flexibility index (Phi) is 7.48. The number of aryl methyl sites for hydroxylation is 1. The number of benzene rings is 1. The number of thioether (sulfide) groups is 1. The molecule has 2 heterocycles. The topological polar surface area (TPSA) is 124 Å². The van der Waals surface area contributed by atoms with Gasteiger partial charge in [-0.25, -0.2) is 0 Å². The van der Waals surface area contributed by atoms with E-state index < -0.39 is 23.7 Å². The second kappa shape index (κ2) is 10.6. The molecule has 0 spiro atoms. The summed E-state index contributed by atoms with van der Waals surface area (Å²) in [4.78, 5) is 49.0. The van der Waals surface area contributed by atoms with E-state index in [9.17, 15) is 24.5 Å². The number of nitrogens with zero attached hydrogens (tertiary/aromatic N) is 3. The Hall–Kier alpha value is -3.60. The lowest BCUT2D eigenvalue weighted by molar-refractivity contribution is -0.384. The molecule has 1 aliphatic carbocycles. The number of carbonyl (C=O) groups excluding carboxylic acids is 3. The van der Waals surface area contributed by atoms with Gasteiger partial charge in [0.25, 0.3) is 16.8 Å². The number of nitro benzene ring substituents is 1. The van der Waals surface area contributed by atoms with Gasteiger partial charge in [-0.15, -0.1) is 0 Å². The second-order valence-corrected chi connectivity index (χ2v) is 9.94. The molecule has 2 fully saturated rings. The van der Waals surface area contributed by atoms with E-state index >= 15 is 0 Å². The molecule has 2 aliphatic rings. The number of anilines is 1. The zero-order valence-electron chi connectivity index (χ0n) is 20.4. The maximum Gasteiger partial charge on any atom is 0.325 e. The molecule has 1 aromatic heterocycles. The molecular formula is C25H28N4O6S. The number of carbonyl (C=O) groups is 3. The van der Waals surface area contributed by atoms with E-state index in [4.69, 9.17) is 0 Å². The Morgan fingerprint density at radius 1 is 1.22 bits per heavy atom. The lowest BCUT2D eigenvalue weighted by atomic mass is 9.95. The van der Waals surface area contributed by atoms with E-state index in [0.717, 1.165) is 53.7 Å². The average molecular weight is 513 g/mol. The van der Waals surface area contributed by atoms with E-state index in [1.165, 1.54) is 13.5 Å². The van der Waals surface area contributed by atoms with Gasteiger partial charge in [-0.05, 0) is 68.3 Å². The first kappa shape index (κ1) is 25.5. The molecule has 190 valence electrons. The second-order valence-electron chi connectivity index (χ2n) is 8.94. The minimum atomic E-state index is -0.681. The molecule has 1 aliphatic heterocycles. The summed E-state index contributed by atoms with van der Waals surface area (Å²) in [6, 6.07) is 7.23. The molecule has 2 amide bonds. The summed E-state index contributed by atoms with van der Waals surface area (Å²) in [5.74, 6) is -1.24. The third-order valence-corrected chi connectivity index (χ3v) is 7.45. The number of methoxy groups -OCH3 is 1. The molecular weight excluding hydrogens is 484 g/mol. The fraction of sp³-hybridized carbons (Fsp3) is 0.400. The molecule has 0 unspecified atom stereocenters. The molecule has 2 aromatic rings. The highest BCUT2D eigenvalue weighted by atomic mass is 32.2. The van der Waals surface area contributed by atoms with Gasteiger partial charge >= 0.3 is 5.97 Å². The van der Waals surface area contributed by atoms with Gasteiger partial charge < -0.3 is 14.6 Å². The summed E-state index contributed by atoms with van der Waals surface area (Å²) in [6.07, 6.45) is 7.05. The Morgan fingerprint density at radius 3 is 2.61 bits per heavy atom. The quantitative estimate of drug-likeness (QED) is 0.239. The van der Waals surface area contributed by atoms with Gasteiger partial charge in [0.15, 0.2) is 0 Å². The van der Waals surface area contributed by atoms with Crippen molar-refractivity contribution in [3.63, 3.8) is 0 Å². The summed E-state index contributed by atoms with van der Waals surface area (Å²) < 4.78 is 6.43. The SMILES string of the molecule is COC(=O)CN1C(=O)S/C(=C\c2cc(C)n(-c3ccc(NC4CCCCC4)c([N+](=O)[O-])c3)c2C)C1=O. The van der Waals surface area contributed by atoms with Crippen LogP contribution in [0.15, 0.2) is 29.2 Å². The number of hydrogen-bond acceptors (Lipinski definition) is 8. The molecule has 1 saturated heterocycles. The van der Waals surface area contributed by atoms with Crippen molar-refractivity contribution in [3.8, 4) is 5.69 Å². The number of ether oxygens (including phenoxy) is 1. The Bertz CT molecular complexity index is 1260. The van der Waals surface area contributed by atoms with Crippen molar-refractivity contribution in [2.45, 2.75) is 52.0 Å². The highest BCUT2D eigenvalue weighted by Crippen LogP contribution is 2.35. The maximum absolute atomic E-state index is 12.7. The van der Waals surface area contributed by atoms with Gasteiger partial charge in [0, 0.05) is 23.5 Å². The summed E-state index contributed by atoms with van der Waals surface area (Å²) in [5, 5.41) is 14.7. The average Bonchev–Trinajstić information content (AvgIpc) is 3.28. The Balaban J connectivity index is 1.63. The van der Waals surface area contributed by atoms with Crippen molar-refractivity contribution in [2.24, 2.45) is 0 Å². The lowest BCUT2D eigenvalue weighted by Crippen LogP contribution is -2.34. The first-order valence-corrected chi connectivity index (χ1v) is 12.6. The van der Waals surface area contributed by atoms with Crippen LogP contribution in [0, 0.1) is 24.0 Å². The molecule has 0 atom stereocenters. The molecule has 1 saturated carbocycles. The van der Waals surface area contributed by atoms with Crippen LogP contribution in [0.1, 0.15) is 49.1 Å². The highest BCUT2D eigenvalue weighted by Gasteiger charge is 2.36. The van der Waals surface area contributed by atoms with Crippen LogP contribution in [0.2, 0.25) is 0 Å². The zero-order chi connectivity index (χ0) is 26.0. The first-order valence-electron chi connectivity index (χ1n) is 11.8. The van der Waals surface area contributed by atoms with Crippen molar-refractivity contribution < 1.29 is 24.0 Å². The number of nitrogens with one attached hydrogen (secondary N) is 1. The standard InChI is InChI=1S/C25H28N4O6S/c1-15-11-17(12-22-24(31)27(25(32)36-22)14-23(30)35-3)16(2)28(15)19-9-10-20(21(13-19)29(33)34)26-18-7-5-4-6-8-18/h9-13,18,26H,4-8,14H2,1-3H3/b22-12-. The lowest BCUT2D eigenvalue weighted by Gasteiger charge is -2.24. The summed E-state index contributed by atoms with van der Waals surface area (Å²) in [5.41, 5.74) is 3.42. The predicted molar refractivity (Wildman–Crippen MR) is 137 cm³/mol. The van der Waals surface area contributed by atoms with Crippen LogP contribution in [0.3, 0.4) is 0 Å². The number of aromatic nitrogens is 1. The predicted octanol–water partition coefficient (Wildman–Crippen LogP) is 4.96. The number of hydrogen-bond donors (Lipinski definition) is 1. The normalized spacial score (nSPS) is 17.6. The molecule has 0 bridgehead atoms. The molecule has 0 radical (unpaired) electrons. The fourth-order valence-electron chi connectivity index (χ4n) is 4.70. The molecule has 1 aromatic carbocycles. The molecule has 1 N–H and O–H groups in total. The molecule has 36 heavy (non-hydrogen) atoms. The minimum Gasteiger partial charge on any atom is -0.468 e. The van der Waals surface area contributed by atoms with Gasteiger partial charge in [0.1, 0.15) is 12.2 Å². The van der Waals surface area contributed by atoms with Gasteiger partial charge in [-0.1, -0.05) is 19.3 Å². The number of imide groups is 1. The summed E-state index contributed by atoms with van der Waals surface area (Å²) in [7, 11) is 1.19. The number of esters is 1. The number of amides is 2. The van der Waals surface area contributed by atoms with Crippen molar-refractivity contribution >= 4 is 46.3 Å². The van der Waals surface area contributed by atoms with Gasteiger partial charge in [0.05, 0.1) is 22.6 Å². The third-order valence-electron chi connectivity index (χ3n) is 6.55. The van der Waals surface area contributed by atoms with E-state index in [2.05, 4.69) is 10.1 Å². The summed E-state index contributed by atoms with van der Waals surface area (Å²) in [6.45, 7) is 3.27. The van der Waals surface area contributed by atoms with E-state index in [0.29, 0.717) is 16.9 Å². The van der Waals surface area contributed by atoms with E-state index in [-0.39, 0.29) is 21.6 Å². The van der Waals surface area contributed by atoms with E-state index in [1.54, 1.807) is 18.2 Å². The van der Waals surface area contributed by atoms with Crippen LogP contribution in [0.5, 0.6) is 0 Å². The van der Waals surface area contributed by atoms with Gasteiger partial charge in [-0.3, -0.25) is 29.4 Å². The van der Waals surface area contributed by atoms with Crippen LogP contribution in [-0.2, 0) is 14.3 Å². The van der Waals surface area contributed by atoms with Crippen molar-refractivity contribution in [3.05, 3.63) is 56.2 Å². The Labute approximate surface area is 212 Å². The van der Waals surface area contributed by atoms with Gasteiger partial charge in [0.2, 0.25) is 0 Å². The van der Waals surface area contributed by atoms with Crippen LogP contribution in [0.25, 0.3) is 11.8 Å². The molecule has 4 rings (SSSR count). The molecule has 11 heteroatoms. The van der Waals surface area contributed by atoms with Crippen molar-refractivity contribution in [2.75, 3.05) is 19.0 Å². The smallest absolute Gasteiger partial charge is 0.325 e. The summed E-state index contributed by atoms with van der Waals surface area (Å²) >= 11 is 0.757. The van der Waals surface area contributed by atoms with Gasteiger partial charge in [-0.2, -0.15) is 0 Å². The zero-order valence-corrected chi connectivity index (χ0v) is 21.2. The van der Waals surface area contributed by atoms with Crippen LogP contribution in [0.4, 0.5) is 16.2 Å². The van der Waals surface area contributed by atoms with Crippen molar-refractivity contribution in [1.82, 2.24) is 9.47 Å². The molecule has 10 nitrogen and oxygen atoms in total. The Morgan fingerprint density at radius 2 is 1.94 bits per heavy atom. The monoisotopic (exact) mass is 512 g/mol. The maximum atomic E-state index is 12.7.